The summed E-state index contributed by atoms with van der Waals surface area (Å²) < 4.78 is 20.7. The fourth-order valence-electron chi connectivity index (χ4n) is 5.33. The number of halogens is 1. The molecule has 186 valence electrons. The van der Waals surface area contributed by atoms with Gasteiger partial charge in [0.05, 0.1) is 0 Å². The zero-order chi connectivity index (χ0) is 24.2. The molecule has 0 aliphatic heterocycles. The fraction of sp³-hybridized carbons (Fsp3) is 0.581. The SMILES string of the molecule is C=CCC/C=C/CCC1CCC(CCc2ccc3cc(CCCCCC)oc(=O)c3c2F)CC1. The molecule has 0 radical (unpaired) electrons. The summed E-state index contributed by atoms with van der Waals surface area (Å²) in [6.07, 6.45) is 23.2. The molecule has 34 heavy (non-hydrogen) atoms. The van der Waals surface area contributed by atoms with Crippen LogP contribution in [-0.2, 0) is 12.8 Å². The summed E-state index contributed by atoms with van der Waals surface area (Å²) in [6.45, 7) is 5.93. The van der Waals surface area contributed by atoms with Crippen molar-refractivity contribution in [3.63, 3.8) is 0 Å². The van der Waals surface area contributed by atoms with E-state index in [1.165, 1.54) is 51.4 Å². The Balaban J connectivity index is 1.48. The third-order valence-corrected chi connectivity index (χ3v) is 7.51. The van der Waals surface area contributed by atoms with Crippen LogP contribution in [0.25, 0.3) is 10.8 Å². The molecule has 0 saturated heterocycles. The second-order valence-electron chi connectivity index (χ2n) is 10.2. The molecule has 0 atom stereocenters. The third-order valence-electron chi connectivity index (χ3n) is 7.51. The molecular formula is C31H43FO2. The van der Waals surface area contributed by atoms with Crippen molar-refractivity contribution in [3.05, 3.63) is 70.6 Å². The molecule has 3 rings (SSSR count). The van der Waals surface area contributed by atoms with Crippen molar-refractivity contribution in [1.82, 2.24) is 0 Å². The van der Waals surface area contributed by atoms with Crippen LogP contribution in [0.15, 0.2) is 52.2 Å². The monoisotopic (exact) mass is 466 g/mol. The van der Waals surface area contributed by atoms with Gasteiger partial charge in [-0.3, -0.25) is 0 Å². The van der Waals surface area contributed by atoms with Crippen LogP contribution >= 0.6 is 0 Å². The van der Waals surface area contributed by atoms with Gasteiger partial charge in [0.2, 0.25) is 0 Å². The van der Waals surface area contributed by atoms with Crippen LogP contribution in [0.1, 0.15) is 102 Å². The molecule has 0 unspecified atom stereocenters. The highest BCUT2D eigenvalue weighted by molar-refractivity contribution is 5.82. The highest BCUT2D eigenvalue weighted by Gasteiger charge is 2.21. The van der Waals surface area contributed by atoms with Gasteiger partial charge in [0.15, 0.2) is 0 Å². The van der Waals surface area contributed by atoms with Crippen molar-refractivity contribution >= 4 is 10.8 Å². The first-order valence-electron chi connectivity index (χ1n) is 13.6. The van der Waals surface area contributed by atoms with E-state index in [2.05, 4.69) is 25.7 Å². The Morgan fingerprint density at radius 2 is 1.71 bits per heavy atom. The van der Waals surface area contributed by atoms with E-state index in [0.717, 1.165) is 44.4 Å². The van der Waals surface area contributed by atoms with Crippen LogP contribution < -0.4 is 5.63 Å². The topological polar surface area (TPSA) is 30.2 Å². The number of hydrogen-bond acceptors (Lipinski definition) is 2. The molecule has 3 heteroatoms. The summed E-state index contributed by atoms with van der Waals surface area (Å²) in [6, 6.07) is 5.63. The van der Waals surface area contributed by atoms with E-state index in [4.69, 9.17) is 4.42 Å². The van der Waals surface area contributed by atoms with Gasteiger partial charge in [0, 0.05) is 6.42 Å². The van der Waals surface area contributed by atoms with E-state index < -0.39 is 5.63 Å². The molecule has 1 saturated carbocycles. The zero-order valence-corrected chi connectivity index (χ0v) is 21.1. The Bertz CT molecular complexity index is 979. The zero-order valence-electron chi connectivity index (χ0n) is 21.1. The van der Waals surface area contributed by atoms with Crippen molar-refractivity contribution < 1.29 is 8.81 Å². The first-order valence-corrected chi connectivity index (χ1v) is 13.6. The van der Waals surface area contributed by atoms with E-state index in [-0.39, 0.29) is 11.2 Å². The Hall–Kier alpha value is -2.16. The minimum absolute atomic E-state index is 0.125. The smallest absolute Gasteiger partial charge is 0.346 e. The van der Waals surface area contributed by atoms with E-state index in [1.807, 2.05) is 24.3 Å². The van der Waals surface area contributed by atoms with Crippen molar-refractivity contribution in [2.24, 2.45) is 11.8 Å². The van der Waals surface area contributed by atoms with Gasteiger partial charge in [-0.15, -0.1) is 6.58 Å². The molecule has 1 aliphatic carbocycles. The van der Waals surface area contributed by atoms with E-state index in [1.54, 1.807) is 0 Å². The molecule has 0 spiro atoms. The molecule has 0 bridgehead atoms. The summed E-state index contributed by atoms with van der Waals surface area (Å²) >= 11 is 0. The summed E-state index contributed by atoms with van der Waals surface area (Å²) in [5, 5.41) is 0.793. The van der Waals surface area contributed by atoms with Gasteiger partial charge < -0.3 is 4.42 Å². The van der Waals surface area contributed by atoms with Gasteiger partial charge in [0.1, 0.15) is 17.0 Å². The molecule has 2 nitrogen and oxygen atoms in total. The van der Waals surface area contributed by atoms with Gasteiger partial charge in [-0.1, -0.05) is 82.2 Å². The number of hydrogen-bond donors (Lipinski definition) is 0. The Morgan fingerprint density at radius 1 is 0.971 bits per heavy atom. The van der Waals surface area contributed by atoms with Gasteiger partial charge in [-0.05, 0) is 73.8 Å². The second kappa shape index (κ2) is 14.3. The van der Waals surface area contributed by atoms with E-state index in [0.29, 0.717) is 29.0 Å². The highest BCUT2D eigenvalue weighted by atomic mass is 19.1. The number of rotatable bonds is 14. The first kappa shape index (κ1) is 26.4. The number of aryl methyl sites for hydroxylation is 2. The molecular weight excluding hydrogens is 423 g/mol. The van der Waals surface area contributed by atoms with Crippen molar-refractivity contribution in [2.45, 2.75) is 103 Å². The molecule has 0 amide bonds. The third kappa shape index (κ3) is 7.96. The van der Waals surface area contributed by atoms with Crippen molar-refractivity contribution in [1.29, 1.82) is 0 Å². The van der Waals surface area contributed by atoms with Crippen molar-refractivity contribution in [3.8, 4) is 0 Å². The molecule has 2 aromatic rings. The minimum Gasteiger partial charge on any atom is -0.427 e. The normalized spacial score (nSPS) is 18.6. The van der Waals surface area contributed by atoms with Crippen LogP contribution in [0.3, 0.4) is 0 Å². The standard InChI is InChI=1S/C31H43FO2/c1-3-5-7-9-10-11-13-24-15-17-25(18-16-24)19-20-26-21-22-27-23-28(14-12-8-6-4-2)34-31(33)29(27)30(26)32/h3,9-10,21-25H,1,4-8,11-20H2,2H3/b10-9+. The second-order valence-corrected chi connectivity index (χ2v) is 10.2. The van der Waals surface area contributed by atoms with Crippen LogP contribution in [0.2, 0.25) is 0 Å². The predicted octanol–water partition coefficient (Wildman–Crippen LogP) is 9.10. The summed E-state index contributed by atoms with van der Waals surface area (Å²) in [5.41, 5.74) is 0.128. The van der Waals surface area contributed by atoms with Crippen LogP contribution in [0, 0.1) is 17.7 Å². The lowest BCUT2D eigenvalue weighted by molar-refractivity contribution is 0.254. The fourth-order valence-corrected chi connectivity index (χ4v) is 5.33. The Morgan fingerprint density at radius 3 is 2.44 bits per heavy atom. The minimum atomic E-state index is -0.526. The van der Waals surface area contributed by atoms with E-state index in [9.17, 15) is 4.79 Å². The van der Waals surface area contributed by atoms with Crippen LogP contribution in [0.4, 0.5) is 4.39 Å². The average Bonchev–Trinajstić information content (AvgIpc) is 2.84. The Kier molecular flexibility index (Phi) is 11.1. The van der Waals surface area contributed by atoms with Crippen molar-refractivity contribution in [2.75, 3.05) is 0 Å². The van der Waals surface area contributed by atoms with Crippen LogP contribution in [-0.4, -0.2) is 0 Å². The Labute approximate surface area is 205 Å². The lowest BCUT2D eigenvalue weighted by atomic mass is 9.78. The van der Waals surface area contributed by atoms with Crippen LogP contribution in [0.5, 0.6) is 0 Å². The van der Waals surface area contributed by atoms with E-state index >= 15 is 4.39 Å². The molecule has 1 aromatic heterocycles. The first-order chi connectivity index (χ1) is 16.6. The number of unbranched alkanes of at least 4 members (excludes halogenated alkanes) is 4. The molecule has 1 heterocycles. The molecule has 0 N–H and O–H groups in total. The molecule has 1 aromatic carbocycles. The van der Waals surface area contributed by atoms with Gasteiger partial charge in [0.25, 0.3) is 0 Å². The summed E-state index contributed by atoms with van der Waals surface area (Å²) in [4.78, 5) is 12.5. The lowest BCUT2D eigenvalue weighted by Gasteiger charge is -2.28. The molecule has 1 aliphatic rings. The quantitative estimate of drug-likeness (QED) is 0.205. The lowest BCUT2D eigenvalue weighted by Crippen LogP contribution is -2.15. The largest absolute Gasteiger partial charge is 0.427 e. The maximum absolute atomic E-state index is 15.2. The summed E-state index contributed by atoms with van der Waals surface area (Å²) in [7, 11) is 0. The number of fused-ring (bicyclic) bond motifs is 1. The predicted molar refractivity (Wildman–Crippen MR) is 142 cm³/mol. The number of benzene rings is 1. The number of allylic oxidation sites excluding steroid dienone is 3. The van der Waals surface area contributed by atoms with Gasteiger partial charge in [-0.25, -0.2) is 9.18 Å². The summed E-state index contributed by atoms with van der Waals surface area (Å²) in [5.74, 6) is 1.79. The van der Waals surface area contributed by atoms with Gasteiger partial charge in [-0.2, -0.15) is 0 Å². The highest BCUT2D eigenvalue weighted by Crippen LogP contribution is 2.34. The van der Waals surface area contributed by atoms with Gasteiger partial charge >= 0.3 is 5.63 Å². The average molecular weight is 467 g/mol. The maximum atomic E-state index is 15.2. The molecule has 1 fully saturated rings. The maximum Gasteiger partial charge on any atom is 0.346 e.